The smallest absolute Gasteiger partial charge is 0.207 e. The van der Waals surface area contributed by atoms with Crippen LogP contribution in [0.3, 0.4) is 0 Å². The summed E-state index contributed by atoms with van der Waals surface area (Å²) in [5.74, 6) is 0. The van der Waals surface area contributed by atoms with Gasteiger partial charge in [0.15, 0.2) is 0 Å². The Morgan fingerprint density at radius 2 is 2.36 bits per heavy atom. The molecule has 1 atom stereocenters. The first-order valence-electron chi connectivity index (χ1n) is 4.56. The first-order chi connectivity index (χ1) is 6.76. The highest BCUT2D eigenvalue weighted by atomic mass is 19.1. The number of carbonyl (C=O) groups excluding carboxylic acids is 1. The highest BCUT2D eigenvalue weighted by Crippen LogP contribution is 2.08. The van der Waals surface area contributed by atoms with Gasteiger partial charge in [-0.2, -0.15) is 0 Å². The number of alkyl halides is 1. The predicted molar refractivity (Wildman–Crippen MR) is 56.7 cm³/mol. The predicted octanol–water partition coefficient (Wildman–Crippen LogP) is 2.15. The molecule has 0 aliphatic rings. The minimum Gasteiger partial charge on any atom is -0.355 e. The Hall–Kier alpha value is -1.38. The molecule has 0 bridgehead atoms. The summed E-state index contributed by atoms with van der Waals surface area (Å²) in [5, 5.41) is 2.30. The number of halogens is 1. The van der Waals surface area contributed by atoms with Gasteiger partial charge in [-0.25, -0.2) is 4.39 Å². The fourth-order valence-corrected chi connectivity index (χ4v) is 0.924. The number of hydrogen-bond donors (Lipinski definition) is 1. The third-order valence-electron chi connectivity index (χ3n) is 1.60. The van der Waals surface area contributed by atoms with E-state index in [9.17, 15) is 9.18 Å². The Morgan fingerprint density at radius 3 is 2.86 bits per heavy atom. The van der Waals surface area contributed by atoms with E-state index in [4.69, 9.17) is 0 Å². The van der Waals surface area contributed by atoms with E-state index in [2.05, 4.69) is 11.9 Å². The van der Waals surface area contributed by atoms with Gasteiger partial charge in [-0.1, -0.05) is 37.8 Å². The van der Waals surface area contributed by atoms with Gasteiger partial charge in [0.1, 0.15) is 6.17 Å². The van der Waals surface area contributed by atoms with Crippen LogP contribution in [0.1, 0.15) is 13.3 Å². The van der Waals surface area contributed by atoms with Crippen molar-refractivity contribution in [2.24, 2.45) is 0 Å². The fourth-order valence-electron chi connectivity index (χ4n) is 0.924. The third kappa shape index (κ3) is 5.30. The second-order valence-electron chi connectivity index (χ2n) is 2.71. The van der Waals surface area contributed by atoms with Gasteiger partial charge in [-0.05, 0) is 12.0 Å². The molecule has 0 aliphatic heterocycles. The molecule has 0 fully saturated rings. The van der Waals surface area contributed by atoms with Crippen LogP contribution in [0.4, 0.5) is 4.39 Å². The molecule has 78 valence electrons. The Labute approximate surface area is 84.2 Å². The molecule has 0 saturated heterocycles. The van der Waals surface area contributed by atoms with E-state index in [0.717, 1.165) is 6.42 Å². The molecule has 2 nitrogen and oxygen atoms in total. The molecule has 1 unspecified atom stereocenters. The van der Waals surface area contributed by atoms with Crippen LogP contribution in [0, 0.1) is 0 Å². The van der Waals surface area contributed by atoms with Gasteiger partial charge in [0.05, 0.1) is 6.54 Å². The molecule has 14 heavy (non-hydrogen) atoms. The maximum absolute atomic E-state index is 13.4. The van der Waals surface area contributed by atoms with Gasteiger partial charge in [-0.15, -0.1) is 0 Å². The van der Waals surface area contributed by atoms with Gasteiger partial charge in [0, 0.05) is 0 Å². The fraction of sp³-hybridized carbons (Fsp3) is 0.364. The van der Waals surface area contributed by atoms with E-state index < -0.39 is 6.17 Å². The van der Waals surface area contributed by atoms with Crippen LogP contribution < -0.4 is 5.32 Å². The van der Waals surface area contributed by atoms with Crippen molar-refractivity contribution < 1.29 is 9.18 Å². The van der Waals surface area contributed by atoms with E-state index in [1.807, 2.05) is 13.0 Å². The lowest BCUT2D eigenvalue weighted by molar-refractivity contribution is -0.109. The van der Waals surface area contributed by atoms with E-state index in [1.54, 1.807) is 12.2 Å². The summed E-state index contributed by atoms with van der Waals surface area (Å²) in [5.41, 5.74) is 0.524. The number of hydrogen-bond acceptors (Lipinski definition) is 1. The monoisotopic (exact) mass is 197 g/mol. The molecule has 0 heterocycles. The van der Waals surface area contributed by atoms with Gasteiger partial charge < -0.3 is 5.32 Å². The highest BCUT2D eigenvalue weighted by Gasteiger charge is 2.08. The quantitative estimate of drug-likeness (QED) is 0.491. The minimum absolute atomic E-state index is 0.00275. The van der Waals surface area contributed by atoms with Crippen molar-refractivity contribution in [2.45, 2.75) is 19.5 Å². The van der Waals surface area contributed by atoms with Crippen LogP contribution >= 0.6 is 0 Å². The van der Waals surface area contributed by atoms with Crippen molar-refractivity contribution in [3.63, 3.8) is 0 Å². The maximum atomic E-state index is 13.4. The van der Waals surface area contributed by atoms with Crippen molar-refractivity contribution in [3.05, 3.63) is 36.5 Å². The zero-order valence-corrected chi connectivity index (χ0v) is 8.37. The molecule has 0 aromatic rings. The van der Waals surface area contributed by atoms with Crippen LogP contribution in [0.5, 0.6) is 0 Å². The topological polar surface area (TPSA) is 29.1 Å². The van der Waals surface area contributed by atoms with E-state index in [1.165, 1.54) is 6.08 Å². The second kappa shape index (κ2) is 8.23. The molecule has 1 N–H and O–H groups in total. The SMILES string of the molecule is C=C/C=C(\C=C/CC)C(F)CNC=O. The van der Waals surface area contributed by atoms with Gasteiger partial charge >= 0.3 is 0 Å². The van der Waals surface area contributed by atoms with Crippen LogP contribution in [0.25, 0.3) is 0 Å². The number of rotatable bonds is 7. The highest BCUT2D eigenvalue weighted by molar-refractivity contribution is 5.46. The standard InChI is InChI=1S/C11H16FNO/c1-3-5-7-10(6-4-2)11(12)8-13-9-14/h4-7,9,11H,2-3,8H2,1H3,(H,13,14)/b7-5-,10-6+. The van der Waals surface area contributed by atoms with E-state index in [-0.39, 0.29) is 6.54 Å². The summed E-state index contributed by atoms with van der Waals surface area (Å²) < 4.78 is 13.4. The second-order valence-corrected chi connectivity index (χ2v) is 2.71. The summed E-state index contributed by atoms with van der Waals surface area (Å²) in [4.78, 5) is 9.97. The van der Waals surface area contributed by atoms with Crippen LogP contribution in [0.15, 0.2) is 36.5 Å². The molecular formula is C11H16FNO. The largest absolute Gasteiger partial charge is 0.355 e. The minimum atomic E-state index is -1.18. The van der Waals surface area contributed by atoms with Crippen LogP contribution in [-0.4, -0.2) is 19.1 Å². The van der Waals surface area contributed by atoms with Crippen molar-refractivity contribution in [3.8, 4) is 0 Å². The van der Waals surface area contributed by atoms with Crippen molar-refractivity contribution in [1.82, 2.24) is 5.32 Å². The average molecular weight is 197 g/mol. The lowest BCUT2D eigenvalue weighted by atomic mass is 10.1. The number of nitrogens with one attached hydrogen (secondary N) is 1. The Morgan fingerprint density at radius 1 is 1.64 bits per heavy atom. The van der Waals surface area contributed by atoms with Gasteiger partial charge in [-0.3, -0.25) is 4.79 Å². The maximum Gasteiger partial charge on any atom is 0.207 e. The molecular weight excluding hydrogens is 181 g/mol. The zero-order valence-electron chi connectivity index (χ0n) is 8.37. The Bertz CT molecular complexity index is 233. The molecule has 1 amide bonds. The molecule has 0 radical (unpaired) electrons. The Balaban J connectivity index is 4.32. The molecule has 0 aromatic carbocycles. The van der Waals surface area contributed by atoms with Gasteiger partial charge in [0.25, 0.3) is 0 Å². The molecule has 0 aromatic heterocycles. The van der Waals surface area contributed by atoms with Crippen molar-refractivity contribution in [1.29, 1.82) is 0 Å². The van der Waals surface area contributed by atoms with Crippen LogP contribution in [0.2, 0.25) is 0 Å². The molecule has 3 heteroatoms. The van der Waals surface area contributed by atoms with Crippen molar-refractivity contribution in [2.75, 3.05) is 6.54 Å². The molecule has 0 spiro atoms. The molecule has 0 aliphatic carbocycles. The van der Waals surface area contributed by atoms with E-state index >= 15 is 0 Å². The lowest BCUT2D eigenvalue weighted by Gasteiger charge is -2.07. The number of allylic oxidation sites excluding steroid dienone is 4. The summed E-state index contributed by atoms with van der Waals surface area (Å²) in [6, 6.07) is 0. The zero-order chi connectivity index (χ0) is 10.8. The molecule has 0 saturated carbocycles. The number of carbonyl (C=O) groups is 1. The lowest BCUT2D eigenvalue weighted by Crippen LogP contribution is -2.23. The van der Waals surface area contributed by atoms with Crippen molar-refractivity contribution >= 4 is 6.41 Å². The summed E-state index contributed by atoms with van der Waals surface area (Å²) >= 11 is 0. The van der Waals surface area contributed by atoms with E-state index in [0.29, 0.717) is 12.0 Å². The molecule has 0 rings (SSSR count). The number of amides is 1. The Kier molecular flexibility index (Phi) is 7.42. The summed E-state index contributed by atoms with van der Waals surface area (Å²) in [6.07, 6.45) is 6.86. The third-order valence-corrected chi connectivity index (χ3v) is 1.60. The first kappa shape index (κ1) is 12.6. The average Bonchev–Trinajstić information content (AvgIpc) is 2.20. The summed E-state index contributed by atoms with van der Waals surface area (Å²) in [7, 11) is 0. The normalized spacial score (nSPS) is 14.0. The van der Waals surface area contributed by atoms with Gasteiger partial charge in [0.2, 0.25) is 6.41 Å². The first-order valence-corrected chi connectivity index (χ1v) is 4.56. The van der Waals surface area contributed by atoms with Crippen LogP contribution in [-0.2, 0) is 4.79 Å². The summed E-state index contributed by atoms with van der Waals surface area (Å²) in [6.45, 7) is 5.47.